The molecule has 2 N–H and O–H groups in total. The zero-order valence-electron chi connectivity index (χ0n) is 11.9. The van der Waals surface area contributed by atoms with Gasteiger partial charge >= 0.3 is 12.1 Å². The number of hydrogen-bond acceptors (Lipinski definition) is 4. The van der Waals surface area contributed by atoms with Gasteiger partial charge in [-0.15, -0.1) is 0 Å². The van der Waals surface area contributed by atoms with E-state index in [2.05, 4.69) is 10.1 Å². The van der Waals surface area contributed by atoms with Crippen LogP contribution >= 0.6 is 0 Å². The number of hydrogen-bond donors (Lipinski definition) is 2. The van der Waals surface area contributed by atoms with Crippen molar-refractivity contribution in [2.24, 2.45) is 0 Å². The van der Waals surface area contributed by atoms with Crippen LogP contribution in [0.1, 0.15) is 26.7 Å². The first-order chi connectivity index (χ1) is 9.36. The standard InChI is InChI=1S/C13H20N2O5/c1-8(2)7-9(14-13(19)20-3)11(16)15-6-4-5-10(15)12(17)18/h7,9-10H,4-6H2,1-3H3,(H,14,19)(H,17,18). The minimum absolute atomic E-state index is 0.381. The number of carbonyl (C=O) groups excluding carboxylic acids is 2. The van der Waals surface area contributed by atoms with Gasteiger partial charge in [0.25, 0.3) is 0 Å². The molecule has 0 aliphatic carbocycles. The molecule has 20 heavy (non-hydrogen) atoms. The van der Waals surface area contributed by atoms with Gasteiger partial charge in [-0.05, 0) is 26.7 Å². The Morgan fingerprint density at radius 1 is 1.40 bits per heavy atom. The molecule has 2 unspecified atom stereocenters. The highest BCUT2D eigenvalue weighted by Gasteiger charge is 2.37. The minimum atomic E-state index is -1.02. The van der Waals surface area contributed by atoms with Gasteiger partial charge < -0.3 is 20.1 Å². The Hall–Kier alpha value is -2.05. The lowest BCUT2D eigenvalue weighted by molar-refractivity contribution is -0.148. The maximum Gasteiger partial charge on any atom is 0.407 e. The third kappa shape index (κ3) is 3.97. The van der Waals surface area contributed by atoms with Gasteiger partial charge in [0.2, 0.25) is 5.91 Å². The van der Waals surface area contributed by atoms with Crippen molar-refractivity contribution in [2.45, 2.75) is 38.8 Å². The van der Waals surface area contributed by atoms with Crippen molar-refractivity contribution in [3.05, 3.63) is 11.6 Å². The number of alkyl carbamates (subject to hydrolysis) is 1. The number of ether oxygens (including phenoxy) is 1. The Morgan fingerprint density at radius 2 is 2.05 bits per heavy atom. The van der Waals surface area contributed by atoms with Crippen LogP contribution in [0.2, 0.25) is 0 Å². The van der Waals surface area contributed by atoms with Crippen LogP contribution in [0, 0.1) is 0 Å². The van der Waals surface area contributed by atoms with Crippen LogP contribution in [0.5, 0.6) is 0 Å². The van der Waals surface area contributed by atoms with E-state index >= 15 is 0 Å². The molecule has 112 valence electrons. The quantitative estimate of drug-likeness (QED) is 0.743. The fraction of sp³-hybridized carbons (Fsp3) is 0.615. The first-order valence-corrected chi connectivity index (χ1v) is 6.39. The molecule has 1 saturated heterocycles. The van der Waals surface area contributed by atoms with Gasteiger partial charge in [-0.3, -0.25) is 4.79 Å². The lowest BCUT2D eigenvalue weighted by atomic mass is 10.1. The number of amides is 2. The van der Waals surface area contributed by atoms with Crippen LogP contribution in [0.3, 0.4) is 0 Å². The van der Waals surface area contributed by atoms with Crippen molar-refractivity contribution >= 4 is 18.0 Å². The van der Waals surface area contributed by atoms with E-state index in [4.69, 9.17) is 5.11 Å². The van der Waals surface area contributed by atoms with Gasteiger partial charge in [-0.25, -0.2) is 9.59 Å². The van der Waals surface area contributed by atoms with Gasteiger partial charge in [0.1, 0.15) is 12.1 Å². The van der Waals surface area contributed by atoms with E-state index in [1.54, 1.807) is 19.9 Å². The minimum Gasteiger partial charge on any atom is -0.480 e. The van der Waals surface area contributed by atoms with Crippen LogP contribution in [0.4, 0.5) is 4.79 Å². The topological polar surface area (TPSA) is 95.9 Å². The molecule has 0 aromatic rings. The molecule has 2 atom stereocenters. The largest absolute Gasteiger partial charge is 0.480 e. The molecular weight excluding hydrogens is 264 g/mol. The number of carboxylic acids is 1. The van der Waals surface area contributed by atoms with E-state index in [0.29, 0.717) is 19.4 Å². The lowest BCUT2D eigenvalue weighted by Gasteiger charge is -2.25. The van der Waals surface area contributed by atoms with Crippen LogP contribution in [-0.4, -0.2) is 53.7 Å². The van der Waals surface area contributed by atoms with E-state index in [0.717, 1.165) is 5.57 Å². The maximum absolute atomic E-state index is 12.4. The maximum atomic E-state index is 12.4. The fourth-order valence-corrected chi connectivity index (χ4v) is 2.16. The second-order valence-electron chi connectivity index (χ2n) is 4.89. The van der Waals surface area contributed by atoms with E-state index in [-0.39, 0.29) is 0 Å². The second-order valence-corrected chi connectivity index (χ2v) is 4.89. The Balaban J connectivity index is 2.89. The summed E-state index contributed by atoms with van der Waals surface area (Å²) in [5.41, 5.74) is 0.839. The van der Waals surface area contributed by atoms with Crippen molar-refractivity contribution < 1.29 is 24.2 Å². The summed E-state index contributed by atoms with van der Waals surface area (Å²) >= 11 is 0. The number of carbonyl (C=O) groups is 3. The van der Waals surface area contributed by atoms with Gasteiger partial charge in [-0.2, -0.15) is 0 Å². The molecule has 1 fully saturated rings. The Labute approximate surface area is 117 Å². The summed E-state index contributed by atoms with van der Waals surface area (Å²) in [7, 11) is 1.20. The van der Waals surface area contributed by atoms with Crippen LogP contribution in [-0.2, 0) is 14.3 Å². The third-order valence-corrected chi connectivity index (χ3v) is 3.05. The number of rotatable bonds is 4. The molecule has 0 saturated carbocycles. The van der Waals surface area contributed by atoms with Gasteiger partial charge in [0.15, 0.2) is 0 Å². The molecule has 7 heteroatoms. The molecule has 1 rings (SSSR count). The van der Waals surface area contributed by atoms with Crippen LogP contribution in [0.25, 0.3) is 0 Å². The molecule has 0 aromatic heterocycles. The summed E-state index contributed by atoms with van der Waals surface area (Å²) in [6.45, 7) is 3.96. The van der Waals surface area contributed by atoms with Crippen molar-refractivity contribution in [1.29, 1.82) is 0 Å². The third-order valence-electron chi connectivity index (χ3n) is 3.05. The number of aliphatic carboxylic acids is 1. The molecule has 1 aliphatic heterocycles. The van der Waals surface area contributed by atoms with E-state index in [9.17, 15) is 14.4 Å². The smallest absolute Gasteiger partial charge is 0.407 e. The van der Waals surface area contributed by atoms with E-state index in [1.165, 1.54) is 12.0 Å². The number of likely N-dealkylation sites (tertiary alicyclic amines) is 1. The number of nitrogens with zero attached hydrogens (tertiary/aromatic N) is 1. The summed E-state index contributed by atoms with van der Waals surface area (Å²) < 4.78 is 4.48. The van der Waals surface area contributed by atoms with Crippen molar-refractivity contribution in [2.75, 3.05) is 13.7 Å². The number of allylic oxidation sites excluding steroid dienone is 1. The zero-order chi connectivity index (χ0) is 15.3. The Kier molecular flexibility index (Phi) is 5.54. The highest BCUT2D eigenvalue weighted by Crippen LogP contribution is 2.19. The van der Waals surface area contributed by atoms with Crippen molar-refractivity contribution in [3.63, 3.8) is 0 Å². The van der Waals surface area contributed by atoms with Gasteiger partial charge in [-0.1, -0.05) is 11.6 Å². The lowest BCUT2D eigenvalue weighted by Crippen LogP contribution is -2.51. The molecule has 2 amide bonds. The van der Waals surface area contributed by atoms with Crippen molar-refractivity contribution in [3.8, 4) is 0 Å². The Morgan fingerprint density at radius 3 is 2.55 bits per heavy atom. The second kappa shape index (κ2) is 6.93. The summed E-state index contributed by atoms with van der Waals surface area (Å²) in [6.07, 6.45) is 1.92. The summed E-state index contributed by atoms with van der Waals surface area (Å²) in [5.74, 6) is -1.45. The predicted molar refractivity (Wildman–Crippen MR) is 71.1 cm³/mol. The zero-order valence-corrected chi connectivity index (χ0v) is 11.9. The van der Waals surface area contributed by atoms with E-state index in [1.807, 2.05) is 0 Å². The monoisotopic (exact) mass is 284 g/mol. The number of carboxylic acid groups (broad SMARTS) is 1. The molecule has 0 bridgehead atoms. The van der Waals surface area contributed by atoms with Gasteiger partial charge in [0.05, 0.1) is 7.11 Å². The Bertz CT molecular complexity index is 428. The van der Waals surface area contributed by atoms with Crippen molar-refractivity contribution in [1.82, 2.24) is 10.2 Å². The van der Waals surface area contributed by atoms with Crippen LogP contribution < -0.4 is 5.32 Å². The first-order valence-electron chi connectivity index (χ1n) is 6.39. The van der Waals surface area contributed by atoms with Crippen LogP contribution in [0.15, 0.2) is 11.6 Å². The van der Waals surface area contributed by atoms with Gasteiger partial charge in [0, 0.05) is 6.54 Å². The van der Waals surface area contributed by atoms with E-state index < -0.39 is 30.1 Å². The number of nitrogens with one attached hydrogen (secondary N) is 1. The average Bonchev–Trinajstić information content (AvgIpc) is 2.85. The molecule has 7 nitrogen and oxygen atoms in total. The SMILES string of the molecule is COC(=O)NC(C=C(C)C)C(=O)N1CCCC1C(=O)O. The fourth-order valence-electron chi connectivity index (χ4n) is 2.16. The molecule has 0 spiro atoms. The highest BCUT2D eigenvalue weighted by atomic mass is 16.5. The molecule has 1 aliphatic rings. The molecule has 0 radical (unpaired) electrons. The summed E-state index contributed by atoms with van der Waals surface area (Å²) in [6, 6.07) is -1.73. The normalized spacial score (nSPS) is 19.1. The predicted octanol–water partition coefficient (Wildman–Crippen LogP) is 0.753. The molecule has 1 heterocycles. The number of methoxy groups -OCH3 is 1. The molecule has 0 aromatic carbocycles. The summed E-state index contributed by atoms with van der Waals surface area (Å²) in [4.78, 5) is 36.1. The first kappa shape index (κ1) is 16.0. The molecular formula is C13H20N2O5. The summed E-state index contributed by atoms with van der Waals surface area (Å²) in [5, 5.41) is 11.5. The highest BCUT2D eigenvalue weighted by molar-refractivity contribution is 5.91. The average molecular weight is 284 g/mol.